The molecule has 5 heteroatoms. The average Bonchev–Trinajstić information content (AvgIpc) is 2.58. The summed E-state index contributed by atoms with van der Waals surface area (Å²) in [6.07, 6.45) is 0.314. The lowest BCUT2D eigenvalue weighted by Crippen LogP contribution is -2.39. The van der Waals surface area contributed by atoms with E-state index in [0.717, 1.165) is 15.7 Å². The summed E-state index contributed by atoms with van der Waals surface area (Å²) in [5.74, 6) is -0.00833. The molecule has 0 aliphatic rings. The standard InChI is InChI=1S/C19H20BrN3O/c1-22(14-16-8-5-6-11-18(16)20)15-19(24)23(13-7-12-21)17-9-3-2-4-10-17/h2-6,8-11H,7,13-15H2,1H3. The van der Waals surface area contributed by atoms with Gasteiger partial charge in [-0.3, -0.25) is 9.69 Å². The Labute approximate surface area is 151 Å². The van der Waals surface area contributed by atoms with Crippen LogP contribution in [0.15, 0.2) is 59.1 Å². The van der Waals surface area contributed by atoms with E-state index in [9.17, 15) is 4.79 Å². The number of hydrogen-bond donors (Lipinski definition) is 0. The molecule has 0 bridgehead atoms. The molecule has 0 aliphatic carbocycles. The molecule has 2 rings (SSSR count). The van der Waals surface area contributed by atoms with E-state index >= 15 is 0 Å². The van der Waals surface area contributed by atoms with Gasteiger partial charge in [0.1, 0.15) is 0 Å². The van der Waals surface area contributed by atoms with Gasteiger partial charge < -0.3 is 4.90 Å². The van der Waals surface area contributed by atoms with Gasteiger partial charge in [-0.1, -0.05) is 52.3 Å². The summed E-state index contributed by atoms with van der Waals surface area (Å²) in [7, 11) is 1.92. The van der Waals surface area contributed by atoms with Crippen LogP contribution in [0.5, 0.6) is 0 Å². The number of hydrogen-bond acceptors (Lipinski definition) is 3. The van der Waals surface area contributed by atoms with Crippen LogP contribution in [0.1, 0.15) is 12.0 Å². The number of amides is 1. The predicted octanol–water partition coefficient (Wildman–Crippen LogP) is 3.83. The van der Waals surface area contributed by atoms with Crippen LogP contribution in [0.25, 0.3) is 0 Å². The maximum Gasteiger partial charge on any atom is 0.241 e. The van der Waals surface area contributed by atoms with Crippen LogP contribution in [0.4, 0.5) is 5.69 Å². The van der Waals surface area contributed by atoms with Crippen molar-refractivity contribution in [3.8, 4) is 6.07 Å². The normalized spacial score (nSPS) is 10.4. The molecule has 0 N–H and O–H groups in total. The second-order valence-electron chi connectivity index (χ2n) is 5.55. The number of anilines is 1. The summed E-state index contributed by atoms with van der Waals surface area (Å²) in [6.45, 7) is 1.37. The first-order valence-electron chi connectivity index (χ1n) is 7.76. The lowest BCUT2D eigenvalue weighted by molar-refractivity contribution is -0.119. The molecular formula is C19H20BrN3O. The third kappa shape index (κ3) is 5.19. The first kappa shape index (κ1) is 18.2. The Morgan fingerprint density at radius 3 is 2.46 bits per heavy atom. The molecule has 0 heterocycles. The molecule has 2 aromatic carbocycles. The highest BCUT2D eigenvalue weighted by molar-refractivity contribution is 9.10. The molecule has 2 aromatic rings. The Morgan fingerprint density at radius 1 is 1.12 bits per heavy atom. The Hall–Kier alpha value is -2.16. The quantitative estimate of drug-likeness (QED) is 0.727. The van der Waals surface area contributed by atoms with Crippen molar-refractivity contribution in [3.63, 3.8) is 0 Å². The van der Waals surface area contributed by atoms with Crippen molar-refractivity contribution in [2.24, 2.45) is 0 Å². The molecule has 0 unspecified atom stereocenters. The third-order valence-electron chi connectivity index (χ3n) is 3.62. The van der Waals surface area contributed by atoms with E-state index in [1.54, 1.807) is 4.90 Å². The Morgan fingerprint density at radius 2 is 1.79 bits per heavy atom. The molecule has 0 atom stereocenters. The first-order chi connectivity index (χ1) is 11.6. The third-order valence-corrected chi connectivity index (χ3v) is 4.39. The summed E-state index contributed by atoms with van der Waals surface area (Å²) in [4.78, 5) is 16.4. The van der Waals surface area contributed by atoms with Gasteiger partial charge in [-0.25, -0.2) is 0 Å². The van der Waals surface area contributed by atoms with Crippen molar-refractivity contribution in [1.82, 2.24) is 4.90 Å². The summed E-state index contributed by atoms with van der Waals surface area (Å²) < 4.78 is 1.04. The number of nitrogens with zero attached hydrogens (tertiary/aromatic N) is 3. The number of likely N-dealkylation sites (N-methyl/N-ethyl adjacent to an activating group) is 1. The fraction of sp³-hybridized carbons (Fsp3) is 0.263. The minimum absolute atomic E-state index is 0.00833. The molecule has 0 spiro atoms. The zero-order valence-corrected chi connectivity index (χ0v) is 15.2. The van der Waals surface area contributed by atoms with Crippen molar-refractivity contribution < 1.29 is 4.79 Å². The second-order valence-corrected chi connectivity index (χ2v) is 6.41. The van der Waals surface area contributed by atoms with Crippen LogP contribution in [-0.2, 0) is 11.3 Å². The number of carbonyl (C=O) groups excluding carboxylic acids is 1. The lowest BCUT2D eigenvalue weighted by Gasteiger charge is -2.25. The topological polar surface area (TPSA) is 47.3 Å². The summed E-state index contributed by atoms with van der Waals surface area (Å²) in [5.41, 5.74) is 1.96. The largest absolute Gasteiger partial charge is 0.310 e. The molecular weight excluding hydrogens is 366 g/mol. The SMILES string of the molecule is CN(CC(=O)N(CCC#N)c1ccccc1)Cc1ccccc1Br. The van der Waals surface area contributed by atoms with Gasteiger partial charge in [-0.05, 0) is 30.8 Å². The number of para-hydroxylation sites is 1. The van der Waals surface area contributed by atoms with Crippen LogP contribution < -0.4 is 4.90 Å². The van der Waals surface area contributed by atoms with Crippen molar-refractivity contribution >= 4 is 27.5 Å². The van der Waals surface area contributed by atoms with Gasteiger partial charge in [0, 0.05) is 23.2 Å². The summed E-state index contributed by atoms with van der Waals surface area (Å²) >= 11 is 3.53. The van der Waals surface area contributed by atoms with E-state index in [0.29, 0.717) is 26.1 Å². The molecule has 0 fully saturated rings. The highest BCUT2D eigenvalue weighted by Crippen LogP contribution is 2.18. The van der Waals surface area contributed by atoms with E-state index < -0.39 is 0 Å². The maximum atomic E-state index is 12.7. The number of carbonyl (C=O) groups is 1. The Kier molecular flexibility index (Phi) is 6.98. The van der Waals surface area contributed by atoms with Crippen LogP contribution in [0.3, 0.4) is 0 Å². The number of benzene rings is 2. The highest BCUT2D eigenvalue weighted by atomic mass is 79.9. The molecule has 4 nitrogen and oxygen atoms in total. The van der Waals surface area contributed by atoms with Gasteiger partial charge in [0.05, 0.1) is 19.0 Å². The maximum absolute atomic E-state index is 12.7. The molecule has 0 radical (unpaired) electrons. The van der Waals surface area contributed by atoms with Crippen molar-refractivity contribution in [2.75, 3.05) is 25.0 Å². The van der Waals surface area contributed by atoms with Gasteiger partial charge in [0.25, 0.3) is 0 Å². The summed E-state index contributed by atoms with van der Waals surface area (Å²) in [5, 5.41) is 8.85. The van der Waals surface area contributed by atoms with Crippen LogP contribution in [0, 0.1) is 11.3 Å². The number of halogens is 1. The Bertz CT molecular complexity index is 712. The van der Waals surface area contributed by atoms with Gasteiger partial charge in [0.2, 0.25) is 5.91 Å². The molecule has 124 valence electrons. The molecule has 0 saturated heterocycles. The lowest BCUT2D eigenvalue weighted by atomic mass is 10.2. The minimum atomic E-state index is -0.00833. The van der Waals surface area contributed by atoms with E-state index in [-0.39, 0.29) is 5.91 Å². The van der Waals surface area contributed by atoms with Crippen molar-refractivity contribution in [3.05, 3.63) is 64.6 Å². The smallest absolute Gasteiger partial charge is 0.241 e. The molecule has 0 saturated carbocycles. The molecule has 24 heavy (non-hydrogen) atoms. The summed E-state index contributed by atoms with van der Waals surface area (Å²) in [6, 6.07) is 19.6. The fourth-order valence-electron chi connectivity index (χ4n) is 2.46. The number of nitriles is 1. The Balaban J connectivity index is 2.04. The molecule has 0 aromatic heterocycles. The van der Waals surface area contributed by atoms with E-state index in [2.05, 4.69) is 22.0 Å². The average molecular weight is 386 g/mol. The number of rotatable bonds is 7. The van der Waals surface area contributed by atoms with Crippen LogP contribution in [0.2, 0.25) is 0 Å². The van der Waals surface area contributed by atoms with Crippen LogP contribution in [-0.4, -0.2) is 30.9 Å². The van der Waals surface area contributed by atoms with Gasteiger partial charge >= 0.3 is 0 Å². The fourth-order valence-corrected chi connectivity index (χ4v) is 2.87. The van der Waals surface area contributed by atoms with Gasteiger partial charge in [0.15, 0.2) is 0 Å². The van der Waals surface area contributed by atoms with E-state index in [4.69, 9.17) is 5.26 Å². The minimum Gasteiger partial charge on any atom is -0.310 e. The highest BCUT2D eigenvalue weighted by Gasteiger charge is 2.17. The second kappa shape index (κ2) is 9.21. The van der Waals surface area contributed by atoms with E-state index in [1.165, 1.54) is 0 Å². The van der Waals surface area contributed by atoms with Crippen molar-refractivity contribution in [2.45, 2.75) is 13.0 Å². The zero-order chi connectivity index (χ0) is 17.4. The van der Waals surface area contributed by atoms with Crippen LogP contribution >= 0.6 is 15.9 Å². The van der Waals surface area contributed by atoms with E-state index in [1.807, 2.05) is 66.5 Å². The van der Waals surface area contributed by atoms with Gasteiger partial charge in [-0.15, -0.1) is 0 Å². The molecule has 1 amide bonds. The van der Waals surface area contributed by atoms with Gasteiger partial charge in [-0.2, -0.15) is 5.26 Å². The predicted molar refractivity (Wildman–Crippen MR) is 99.5 cm³/mol. The molecule has 0 aliphatic heterocycles. The van der Waals surface area contributed by atoms with Crippen molar-refractivity contribution in [1.29, 1.82) is 5.26 Å². The monoisotopic (exact) mass is 385 g/mol. The first-order valence-corrected chi connectivity index (χ1v) is 8.55. The zero-order valence-electron chi connectivity index (χ0n) is 13.7.